The van der Waals surface area contributed by atoms with Crippen LogP contribution in [-0.2, 0) is 10.0 Å². The third-order valence-corrected chi connectivity index (χ3v) is 5.89. The quantitative estimate of drug-likeness (QED) is 0.616. The van der Waals surface area contributed by atoms with Crippen molar-refractivity contribution in [3.63, 3.8) is 0 Å². The Labute approximate surface area is 154 Å². The van der Waals surface area contributed by atoms with Crippen LogP contribution in [0.25, 0.3) is 5.65 Å². The van der Waals surface area contributed by atoms with Gasteiger partial charge in [-0.3, -0.25) is 4.40 Å². The zero-order chi connectivity index (χ0) is 17.9. The first-order chi connectivity index (χ1) is 12.0. The lowest BCUT2D eigenvalue weighted by atomic mass is 10.2. The predicted octanol–water partition coefficient (Wildman–Crippen LogP) is 2.55. The summed E-state index contributed by atoms with van der Waals surface area (Å²) in [4.78, 5) is 3.89. The fraction of sp³-hybridized carbons (Fsp3) is 0.267. The average molecular weight is 398 g/mol. The topological polar surface area (TPSA) is 89.2 Å². The number of pyridine rings is 2. The molecule has 0 unspecified atom stereocenters. The number of sulfonamides is 1. The van der Waals surface area contributed by atoms with Crippen LogP contribution in [0.4, 0.5) is 0 Å². The molecule has 3 aromatic rings. The fourth-order valence-corrected chi connectivity index (χ4v) is 4.11. The highest BCUT2D eigenvalue weighted by Gasteiger charge is 2.25. The van der Waals surface area contributed by atoms with Crippen molar-refractivity contribution >= 4 is 39.0 Å². The van der Waals surface area contributed by atoms with E-state index in [1.807, 2.05) is 30.7 Å². The van der Waals surface area contributed by atoms with Crippen molar-refractivity contribution in [2.24, 2.45) is 0 Å². The number of nitrogens with zero attached hydrogens (tertiary/aromatic N) is 4. The molecule has 132 valence electrons. The molecule has 0 bridgehead atoms. The molecule has 0 aliphatic carbocycles. The van der Waals surface area contributed by atoms with Gasteiger partial charge in [0.2, 0.25) is 10.0 Å². The van der Waals surface area contributed by atoms with Crippen LogP contribution < -0.4 is 4.72 Å². The minimum Gasteiger partial charge on any atom is -0.285 e. The summed E-state index contributed by atoms with van der Waals surface area (Å²) < 4.78 is 29.9. The van der Waals surface area contributed by atoms with Crippen LogP contribution in [0.3, 0.4) is 0 Å². The number of aromatic nitrogens is 4. The molecule has 0 aromatic carbocycles. The lowest BCUT2D eigenvalue weighted by molar-refractivity contribution is 0.536. The highest BCUT2D eigenvalue weighted by atomic mass is 35.5. The Bertz CT molecular complexity index is 959. The first-order valence-corrected chi connectivity index (χ1v) is 10.7. The van der Waals surface area contributed by atoms with Crippen LogP contribution in [0.5, 0.6) is 0 Å². The third kappa shape index (κ3) is 4.12. The van der Waals surface area contributed by atoms with E-state index in [4.69, 9.17) is 11.6 Å². The van der Waals surface area contributed by atoms with E-state index in [0.717, 1.165) is 5.75 Å². The van der Waals surface area contributed by atoms with Gasteiger partial charge in [0.05, 0.1) is 6.04 Å². The number of nitrogens with one attached hydrogen (secondary N) is 1. The Kier molecular flexibility index (Phi) is 5.57. The zero-order valence-corrected chi connectivity index (χ0v) is 15.7. The van der Waals surface area contributed by atoms with Crippen LogP contribution in [0.1, 0.15) is 18.3 Å². The van der Waals surface area contributed by atoms with Gasteiger partial charge in [-0.15, -0.1) is 10.2 Å². The lowest BCUT2D eigenvalue weighted by Gasteiger charge is -2.17. The third-order valence-electron chi connectivity index (χ3n) is 3.57. The van der Waals surface area contributed by atoms with Gasteiger partial charge in [-0.1, -0.05) is 17.7 Å². The van der Waals surface area contributed by atoms with Gasteiger partial charge in [0.25, 0.3) is 0 Å². The molecule has 10 heteroatoms. The van der Waals surface area contributed by atoms with E-state index in [2.05, 4.69) is 19.9 Å². The number of halogens is 1. The number of fused-ring (bicyclic) bond motifs is 1. The largest absolute Gasteiger partial charge is 0.285 e. The van der Waals surface area contributed by atoms with E-state index in [1.54, 1.807) is 16.2 Å². The first kappa shape index (κ1) is 18.1. The summed E-state index contributed by atoms with van der Waals surface area (Å²) in [5.74, 6) is 1.32. The van der Waals surface area contributed by atoms with Crippen LogP contribution >= 0.6 is 23.4 Å². The monoisotopic (exact) mass is 397 g/mol. The van der Waals surface area contributed by atoms with Gasteiger partial charge in [0.15, 0.2) is 11.5 Å². The van der Waals surface area contributed by atoms with E-state index >= 15 is 0 Å². The fourth-order valence-electron chi connectivity index (χ4n) is 2.35. The number of thioether (sulfide) groups is 1. The van der Waals surface area contributed by atoms with E-state index in [-0.39, 0.29) is 10.0 Å². The number of hydrogen-bond acceptors (Lipinski definition) is 6. The average Bonchev–Trinajstić information content (AvgIpc) is 3.03. The van der Waals surface area contributed by atoms with Gasteiger partial charge in [-0.25, -0.2) is 18.1 Å². The minimum atomic E-state index is -3.76. The molecule has 0 saturated heterocycles. The van der Waals surface area contributed by atoms with Crippen LogP contribution in [-0.4, -0.2) is 40.0 Å². The van der Waals surface area contributed by atoms with E-state index in [1.165, 1.54) is 18.3 Å². The van der Waals surface area contributed by atoms with Gasteiger partial charge < -0.3 is 0 Å². The summed E-state index contributed by atoms with van der Waals surface area (Å²) in [5, 5.41) is 8.52. The Morgan fingerprint density at radius 1 is 1.28 bits per heavy atom. The molecule has 0 radical (unpaired) electrons. The van der Waals surface area contributed by atoms with Gasteiger partial charge in [0.1, 0.15) is 10.0 Å². The predicted molar refractivity (Wildman–Crippen MR) is 98.3 cm³/mol. The van der Waals surface area contributed by atoms with Gasteiger partial charge in [0, 0.05) is 12.4 Å². The van der Waals surface area contributed by atoms with Crippen molar-refractivity contribution in [1.29, 1.82) is 0 Å². The standard InChI is InChI=1S/C15H16ClN5O2S2/c1-24-9-7-12(15-19-18-14-4-2-3-8-21(14)15)20-25(22,23)11-5-6-13(16)17-10-11/h2-6,8,10,12,20H,7,9H2,1H3/t12-/m0/s1. The summed E-state index contributed by atoms with van der Waals surface area (Å²) in [6.07, 6.45) is 5.60. The number of rotatable bonds is 7. The summed E-state index contributed by atoms with van der Waals surface area (Å²) >= 11 is 7.37. The summed E-state index contributed by atoms with van der Waals surface area (Å²) in [6, 6.07) is 7.88. The molecule has 1 N–H and O–H groups in total. The van der Waals surface area contributed by atoms with Crippen LogP contribution in [0, 0.1) is 0 Å². The SMILES string of the molecule is CSCC[C@H](NS(=O)(=O)c1ccc(Cl)nc1)c1nnc2ccccn12. The van der Waals surface area contributed by atoms with Crippen LogP contribution in [0.2, 0.25) is 5.15 Å². The lowest BCUT2D eigenvalue weighted by Crippen LogP contribution is -2.30. The molecule has 0 spiro atoms. The molecule has 1 atom stereocenters. The normalized spacial score (nSPS) is 13.2. The van der Waals surface area contributed by atoms with Crippen molar-refractivity contribution in [2.75, 3.05) is 12.0 Å². The second-order valence-corrected chi connectivity index (χ2v) is 8.35. The smallest absolute Gasteiger partial charge is 0.242 e. The Morgan fingerprint density at radius 2 is 2.12 bits per heavy atom. The molecule has 25 heavy (non-hydrogen) atoms. The molecule has 0 saturated carbocycles. The molecular formula is C15H16ClN5O2S2. The molecule has 7 nitrogen and oxygen atoms in total. The minimum absolute atomic E-state index is 0.0554. The molecule has 0 aliphatic rings. The van der Waals surface area contributed by atoms with Crippen LogP contribution in [0.15, 0.2) is 47.6 Å². The van der Waals surface area contributed by atoms with Crippen molar-refractivity contribution in [3.05, 3.63) is 53.7 Å². The maximum absolute atomic E-state index is 12.7. The maximum Gasteiger partial charge on any atom is 0.242 e. The zero-order valence-electron chi connectivity index (χ0n) is 13.3. The van der Waals surface area contributed by atoms with Crippen molar-refractivity contribution in [3.8, 4) is 0 Å². The summed E-state index contributed by atoms with van der Waals surface area (Å²) in [5.41, 5.74) is 0.666. The molecular weight excluding hydrogens is 382 g/mol. The second kappa shape index (κ2) is 7.69. The molecule has 0 fully saturated rings. The molecule has 3 rings (SSSR count). The Balaban J connectivity index is 1.94. The molecule has 0 amide bonds. The highest BCUT2D eigenvalue weighted by Crippen LogP contribution is 2.21. The Morgan fingerprint density at radius 3 is 2.84 bits per heavy atom. The Hall–Kier alpha value is -1.68. The van der Waals surface area contributed by atoms with E-state index < -0.39 is 16.1 Å². The molecule has 0 aliphatic heterocycles. The van der Waals surface area contributed by atoms with Crippen molar-refractivity contribution < 1.29 is 8.42 Å². The van der Waals surface area contributed by atoms with E-state index in [0.29, 0.717) is 17.9 Å². The maximum atomic E-state index is 12.7. The van der Waals surface area contributed by atoms with Crippen molar-refractivity contribution in [1.82, 2.24) is 24.3 Å². The van der Waals surface area contributed by atoms with Gasteiger partial charge in [-0.2, -0.15) is 11.8 Å². The molecule has 3 aromatic heterocycles. The second-order valence-electron chi connectivity index (χ2n) is 5.26. The summed E-state index contributed by atoms with van der Waals surface area (Å²) in [7, 11) is -3.76. The van der Waals surface area contributed by atoms with Gasteiger partial charge >= 0.3 is 0 Å². The first-order valence-electron chi connectivity index (χ1n) is 7.44. The van der Waals surface area contributed by atoms with Gasteiger partial charge in [-0.05, 0) is 42.7 Å². The van der Waals surface area contributed by atoms with Crippen molar-refractivity contribution in [2.45, 2.75) is 17.4 Å². The summed E-state index contributed by atoms with van der Waals surface area (Å²) in [6.45, 7) is 0. The highest BCUT2D eigenvalue weighted by molar-refractivity contribution is 7.98. The van der Waals surface area contributed by atoms with E-state index in [9.17, 15) is 8.42 Å². The number of hydrogen-bond donors (Lipinski definition) is 1. The molecule has 3 heterocycles.